The van der Waals surface area contributed by atoms with Crippen LogP contribution in [0.3, 0.4) is 0 Å². The second-order valence-electron chi connectivity index (χ2n) is 6.09. The summed E-state index contributed by atoms with van der Waals surface area (Å²) in [7, 11) is 0. The van der Waals surface area contributed by atoms with Gasteiger partial charge >= 0.3 is 6.18 Å². The number of halogens is 4. The highest BCUT2D eigenvalue weighted by molar-refractivity contribution is 5.85. The van der Waals surface area contributed by atoms with E-state index in [1.54, 1.807) is 0 Å². The maximum atomic E-state index is 13.0. The minimum absolute atomic E-state index is 0. The highest BCUT2D eigenvalue weighted by Gasteiger charge is 2.34. The van der Waals surface area contributed by atoms with E-state index in [1.165, 1.54) is 23.1 Å². The van der Waals surface area contributed by atoms with Gasteiger partial charge in [-0.1, -0.05) is 18.2 Å². The lowest BCUT2D eigenvalue weighted by molar-refractivity contribution is -0.139. The molecule has 9 heteroatoms. The van der Waals surface area contributed by atoms with Crippen LogP contribution in [0, 0.1) is 5.92 Å². The van der Waals surface area contributed by atoms with Crippen molar-refractivity contribution in [3.63, 3.8) is 0 Å². The molecule has 1 heterocycles. The standard InChI is InChI=1S/C17H22F3N3O2.ClH/c18-17(19,20)14-6-2-1-4-12(14)10-15(24)23-9-3-5-13(11-23)16(25)22-8-7-21;/h1-2,4,6,13H,3,5,7-11,21H2,(H,22,25);1H. The van der Waals surface area contributed by atoms with Crippen LogP contribution >= 0.6 is 12.4 Å². The average molecular weight is 394 g/mol. The fraction of sp³-hybridized carbons (Fsp3) is 0.529. The molecule has 0 radical (unpaired) electrons. The minimum atomic E-state index is -4.50. The lowest BCUT2D eigenvalue weighted by Gasteiger charge is -2.32. The molecule has 2 rings (SSSR count). The largest absolute Gasteiger partial charge is 0.416 e. The van der Waals surface area contributed by atoms with Gasteiger partial charge < -0.3 is 16.0 Å². The van der Waals surface area contributed by atoms with E-state index in [1.807, 2.05) is 0 Å². The quantitative estimate of drug-likeness (QED) is 0.803. The van der Waals surface area contributed by atoms with Crippen LogP contribution in [-0.4, -0.2) is 42.9 Å². The predicted molar refractivity (Wildman–Crippen MR) is 93.8 cm³/mol. The molecule has 26 heavy (non-hydrogen) atoms. The summed E-state index contributed by atoms with van der Waals surface area (Å²) in [5.74, 6) is -0.909. The Balaban J connectivity index is 0.00000338. The van der Waals surface area contributed by atoms with Crippen LogP contribution in [0.5, 0.6) is 0 Å². The Morgan fingerprint density at radius 3 is 2.62 bits per heavy atom. The third-order valence-electron chi connectivity index (χ3n) is 4.25. The van der Waals surface area contributed by atoms with Gasteiger partial charge in [0.2, 0.25) is 11.8 Å². The number of hydrogen-bond donors (Lipinski definition) is 2. The minimum Gasteiger partial charge on any atom is -0.355 e. The number of nitrogens with one attached hydrogen (secondary N) is 1. The van der Waals surface area contributed by atoms with Crippen molar-refractivity contribution >= 4 is 24.2 Å². The number of amides is 2. The number of alkyl halides is 3. The molecule has 0 bridgehead atoms. The molecular weight excluding hydrogens is 371 g/mol. The predicted octanol–water partition coefficient (Wildman–Crippen LogP) is 1.98. The van der Waals surface area contributed by atoms with Crippen LogP contribution in [0.2, 0.25) is 0 Å². The zero-order chi connectivity index (χ0) is 18.4. The first kappa shape index (κ1) is 22.2. The summed E-state index contributed by atoms with van der Waals surface area (Å²) in [5, 5.41) is 2.69. The van der Waals surface area contributed by atoms with E-state index in [-0.39, 0.29) is 42.8 Å². The van der Waals surface area contributed by atoms with Crippen LogP contribution in [-0.2, 0) is 22.2 Å². The molecule has 0 spiro atoms. The zero-order valence-electron chi connectivity index (χ0n) is 14.2. The molecule has 1 aliphatic heterocycles. The lowest BCUT2D eigenvalue weighted by Crippen LogP contribution is -2.46. The zero-order valence-corrected chi connectivity index (χ0v) is 15.0. The van der Waals surface area contributed by atoms with Crippen molar-refractivity contribution in [1.82, 2.24) is 10.2 Å². The molecule has 1 aliphatic rings. The second-order valence-corrected chi connectivity index (χ2v) is 6.09. The number of carbonyl (C=O) groups excluding carboxylic acids is 2. The van der Waals surface area contributed by atoms with Crippen molar-refractivity contribution in [3.05, 3.63) is 35.4 Å². The Hall–Kier alpha value is -1.80. The summed E-state index contributed by atoms with van der Waals surface area (Å²) in [4.78, 5) is 25.9. The average Bonchev–Trinajstić information content (AvgIpc) is 2.59. The molecule has 3 N–H and O–H groups in total. The Labute approximate surface area is 156 Å². The summed E-state index contributed by atoms with van der Waals surface area (Å²) in [5.41, 5.74) is 4.51. The number of carbonyl (C=O) groups is 2. The molecule has 0 aliphatic carbocycles. The van der Waals surface area contributed by atoms with Crippen molar-refractivity contribution in [3.8, 4) is 0 Å². The maximum absolute atomic E-state index is 13.0. The van der Waals surface area contributed by atoms with Crippen molar-refractivity contribution in [2.45, 2.75) is 25.4 Å². The van der Waals surface area contributed by atoms with Gasteiger partial charge in [-0.3, -0.25) is 9.59 Å². The molecule has 146 valence electrons. The number of nitrogens with two attached hydrogens (primary N) is 1. The third kappa shape index (κ3) is 5.88. The van der Waals surface area contributed by atoms with Crippen molar-refractivity contribution in [2.75, 3.05) is 26.2 Å². The number of nitrogens with zero attached hydrogens (tertiary/aromatic N) is 1. The van der Waals surface area contributed by atoms with E-state index in [0.717, 1.165) is 6.07 Å². The summed E-state index contributed by atoms with van der Waals surface area (Å²) in [6.45, 7) is 1.37. The van der Waals surface area contributed by atoms with Gasteiger partial charge in [-0.2, -0.15) is 13.2 Å². The van der Waals surface area contributed by atoms with Crippen LogP contribution in [0.25, 0.3) is 0 Å². The first-order chi connectivity index (χ1) is 11.8. The number of likely N-dealkylation sites (tertiary alicyclic amines) is 1. The second kappa shape index (κ2) is 9.78. The number of benzene rings is 1. The van der Waals surface area contributed by atoms with Crippen molar-refractivity contribution in [1.29, 1.82) is 0 Å². The molecule has 1 aromatic carbocycles. The molecule has 1 fully saturated rings. The molecule has 0 aromatic heterocycles. The summed E-state index contributed by atoms with van der Waals surface area (Å²) < 4.78 is 39.1. The van der Waals surface area contributed by atoms with Gasteiger partial charge in [0.05, 0.1) is 17.9 Å². The van der Waals surface area contributed by atoms with Gasteiger partial charge in [-0.25, -0.2) is 0 Å². The number of rotatable bonds is 5. The normalized spacial score (nSPS) is 17.4. The lowest BCUT2D eigenvalue weighted by atomic mass is 9.96. The van der Waals surface area contributed by atoms with E-state index in [2.05, 4.69) is 5.32 Å². The van der Waals surface area contributed by atoms with Gasteiger partial charge in [-0.15, -0.1) is 12.4 Å². The maximum Gasteiger partial charge on any atom is 0.416 e. The molecular formula is C17H23ClF3N3O2. The van der Waals surface area contributed by atoms with E-state index < -0.39 is 17.6 Å². The smallest absolute Gasteiger partial charge is 0.355 e. The first-order valence-electron chi connectivity index (χ1n) is 8.23. The summed E-state index contributed by atoms with van der Waals surface area (Å²) in [6.07, 6.45) is -3.52. The molecule has 1 atom stereocenters. The third-order valence-corrected chi connectivity index (χ3v) is 4.25. The molecule has 1 saturated heterocycles. The Bertz CT molecular complexity index is 626. The topological polar surface area (TPSA) is 75.4 Å². The first-order valence-corrected chi connectivity index (χ1v) is 8.23. The Morgan fingerprint density at radius 1 is 1.27 bits per heavy atom. The van der Waals surface area contributed by atoms with Crippen LogP contribution < -0.4 is 11.1 Å². The number of hydrogen-bond acceptors (Lipinski definition) is 3. The SMILES string of the molecule is Cl.NCCNC(=O)C1CCCN(C(=O)Cc2ccccc2C(F)(F)F)C1. The Morgan fingerprint density at radius 2 is 1.96 bits per heavy atom. The van der Waals surface area contributed by atoms with Crippen LogP contribution in [0.15, 0.2) is 24.3 Å². The van der Waals surface area contributed by atoms with Gasteiger partial charge in [0.1, 0.15) is 0 Å². The molecule has 5 nitrogen and oxygen atoms in total. The fourth-order valence-corrected chi connectivity index (χ4v) is 2.98. The molecule has 2 amide bonds. The van der Waals surface area contributed by atoms with Crippen molar-refractivity contribution < 1.29 is 22.8 Å². The highest BCUT2D eigenvalue weighted by Crippen LogP contribution is 2.32. The van der Waals surface area contributed by atoms with E-state index in [4.69, 9.17) is 5.73 Å². The van der Waals surface area contributed by atoms with E-state index >= 15 is 0 Å². The monoisotopic (exact) mass is 393 g/mol. The number of piperidine rings is 1. The van der Waals surface area contributed by atoms with Crippen molar-refractivity contribution in [2.24, 2.45) is 11.7 Å². The highest BCUT2D eigenvalue weighted by atomic mass is 35.5. The summed E-state index contributed by atoms with van der Waals surface area (Å²) >= 11 is 0. The van der Waals surface area contributed by atoms with Gasteiger partial charge in [0, 0.05) is 26.2 Å². The van der Waals surface area contributed by atoms with Gasteiger partial charge in [-0.05, 0) is 24.5 Å². The van der Waals surface area contributed by atoms with Crippen LogP contribution in [0.4, 0.5) is 13.2 Å². The van der Waals surface area contributed by atoms with E-state index in [0.29, 0.717) is 32.5 Å². The molecule has 1 unspecified atom stereocenters. The summed E-state index contributed by atoms with van der Waals surface area (Å²) in [6, 6.07) is 5.07. The molecule has 1 aromatic rings. The fourth-order valence-electron chi connectivity index (χ4n) is 2.98. The Kier molecular flexibility index (Phi) is 8.36. The van der Waals surface area contributed by atoms with Crippen LogP contribution in [0.1, 0.15) is 24.0 Å². The molecule has 0 saturated carbocycles. The van der Waals surface area contributed by atoms with Gasteiger partial charge in [0.25, 0.3) is 0 Å². The van der Waals surface area contributed by atoms with Gasteiger partial charge in [0.15, 0.2) is 0 Å². The van der Waals surface area contributed by atoms with E-state index in [9.17, 15) is 22.8 Å².